The maximum absolute atomic E-state index is 11.9. The van der Waals surface area contributed by atoms with Crippen molar-refractivity contribution in [2.24, 2.45) is 0 Å². The number of nitrogens with zero attached hydrogens (tertiary/aromatic N) is 1. The summed E-state index contributed by atoms with van der Waals surface area (Å²) in [4.78, 5) is 13.9. The van der Waals surface area contributed by atoms with Crippen molar-refractivity contribution in [3.63, 3.8) is 0 Å². The number of carbonyl (C=O) groups is 1. The summed E-state index contributed by atoms with van der Waals surface area (Å²) in [6.07, 6.45) is 0.193. The molecule has 19 heavy (non-hydrogen) atoms. The fourth-order valence-corrected chi connectivity index (χ4v) is 2.72. The number of carbonyl (C=O) groups excluding carboxylic acids is 1. The molecular formula is C14H19ClN2O2. The van der Waals surface area contributed by atoms with Crippen LogP contribution in [0, 0.1) is 0 Å². The van der Waals surface area contributed by atoms with E-state index >= 15 is 0 Å². The van der Waals surface area contributed by atoms with Gasteiger partial charge in [-0.25, -0.2) is 0 Å². The number of aliphatic hydroxyl groups excluding tert-OH is 1. The number of amides is 1. The third-order valence-electron chi connectivity index (χ3n) is 3.48. The van der Waals surface area contributed by atoms with Crippen LogP contribution in [0.3, 0.4) is 0 Å². The Hall–Kier alpha value is -1.26. The molecule has 0 aliphatic carbocycles. The van der Waals surface area contributed by atoms with E-state index in [-0.39, 0.29) is 11.9 Å². The zero-order valence-electron chi connectivity index (χ0n) is 11.2. The van der Waals surface area contributed by atoms with Crippen LogP contribution in [0.4, 0.5) is 5.69 Å². The average molecular weight is 283 g/mol. The largest absolute Gasteiger partial charge is 0.389 e. The van der Waals surface area contributed by atoms with Crippen LogP contribution in [-0.4, -0.2) is 30.1 Å². The molecule has 1 amide bonds. The molecule has 2 atom stereocenters. The third-order valence-corrected chi connectivity index (χ3v) is 3.78. The van der Waals surface area contributed by atoms with E-state index in [1.165, 1.54) is 0 Å². The number of piperazine rings is 1. The summed E-state index contributed by atoms with van der Waals surface area (Å²) in [5.74, 6) is 0.0458. The lowest BCUT2D eigenvalue weighted by Gasteiger charge is -2.37. The molecule has 2 N–H and O–H groups in total. The first-order valence-corrected chi connectivity index (χ1v) is 6.94. The number of hydrogen-bond acceptors (Lipinski definition) is 3. The van der Waals surface area contributed by atoms with Gasteiger partial charge < -0.3 is 15.3 Å². The Morgan fingerprint density at radius 1 is 1.58 bits per heavy atom. The average Bonchev–Trinajstić information content (AvgIpc) is 2.38. The van der Waals surface area contributed by atoms with Crippen LogP contribution >= 0.6 is 11.6 Å². The van der Waals surface area contributed by atoms with Crippen molar-refractivity contribution in [2.45, 2.75) is 32.4 Å². The van der Waals surface area contributed by atoms with E-state index in [0.29, 0.717) is 11.6 Å². The molecular weight excluding hydrogens is 264 g/mol. The second-order valence-corrected chi connectivity index (χ2v) is 5.20. The predicted octanol–water partition coefficient (Wildman–Crippen LogP) is 2.11. The molecule has 1 aromatic rings. The molecule has 0 radical (unpaired) electrons. The van der Waals surface area contributed by atoms with Gasteiger partial charge >= 0.3 is 0 Å². The van der Waals surface area contributed by atoms with E-state index in [9.17, 15) is 9.90 Å². The first-order valence-electron chi connectivity index (χ1n) is 6.56. The minimum absolute atomic E-state index is 0.0458. The number of aliphatic hydroxyl groups is 1. The van der Waals surface area contributed by atoms with Crippen LogP contribution in [0.2, 0.25) is 5.02 Å². The maximum Gasteiger partial charge on any atom is 0.242 e. The highest BCUT2D eigenvalue weighted by molar-refractivity contribution is 6.33. The smallest absolute Gasteiger partial charge is 0.242 e. The first-order chi connectivity index (χ1) is 9.04. The highest BCUT2D eigenvalue weighted by Gasteiger charge is 2.29. The van der Waals surface area contributed by atoms with Gasteiger partial charge in [-0.05, 0) is 31.0 Å². The van der Waals surface area contributed by atoms with Gasteiger partial charge in [0.2, 0.25) is 5.91 Å². The van der Waals surface area contributed by atoms with Gasteiger partial charge in [0.05, 0.1) is 16.8 Å². The number of halogens is 1. The van der Waals surface area contributed by atoms with Gasteiger partial charge in [0.1, 0.15) is 6.04 Å². The van der Waals surface area contributed by atoms with Crippen molar-refractivity contribution >= 4 is 23.2 Å². The van der Waals surface area contributed by atoms with Crippen molar-refractivity contribution in [1.29, 1.82) is 0 Å². The molecule has 1 aromatic carbocycles. The monoisotopic (exact) mass is 282 g/mol. The van der Waals surface area contributed by atoms with Crippen molar-refractivity contribution < 1.29 is 9.90 Å². The lowest BCUT2D eigenvalue weighted by molar-refractivity contribution is -0.123. The highest BCUT2D eigenvalue weighted by Crippen LogP contribution is 2.31. The molecule has 104 valence electrons. The van der Waals surface area contributed by atoms with Gasteiger partial charge in [0, 0.05) is 13.1 Å². The van der Waals surface area contributed by atoms with E-state index in [4.69, 9.17) is 11.6 Å². The molecule has 4 nitrogen and oxygen atoms in total. The molecule has 1 aliphatic rings. The van der Waals surface area contributed by atoms with Gasteiger partial charge in [-0.2, -0.15) is 0 Å². The van der Waals surface area contributed by atoms with Crippen LogP contribution < -0.4 is 10.2 Å². The van der Waals surface area contributed by atoms with Gasteiger partial charge in [0.15, 0.2) is 0 Å². The summed E-state index contributed by atoms with van der Waals surface area (Å²) in [5.41, 5.74) is 1.64. The number of nitrogens with one attached hydrogen (secondary N) is 1. The summed E-state index contributed by atoms with van der Waals surface area (Å²) in [5, 5.41) is 13.0. The van der Waals surface area contributed by atoms with E-state index in [0.717, 1.165) is 24.2 Å². The maximum atomic E-state index is 11.9. The molecule has 0 aromatic heterocycles. The van der Waals surface area contributed by atoms with E-state index in [2.05, 4.69) is 5.32 Å². The Balaban J connectivity index is 2.32. The predicted molar refractivity (Wildman–Crippen MR) is 76.5 cm³/mol. The van der Waals surface area contributed by atoms with Crippen LogP contribution in [0.1, 0.15) is 31.9 Å². The summed E-state index contributed by atoms with van der Waals surface area (Å²) in [6, 6.07) is 5.32. The quantitative estimate of drug-likeness (QED) is 0.893. The summed E-state index contributed by atoms with van der Waals surface area (Å²) < 4.78 is 0. The fourth-order valence-electron chi connectivity index (χ4n) is 2.42. The van der Waals surface area contributed by atoms with Crippen LogP contribution in [-0.2, 0) is 4.79 Å². The topological polar surface area (TPSA) is 52.6 Å². The second-order valence-electron chi connectivity index (χ2n) is 4.80. The van der Waals surface area contributed by atoms with Crippen LogP contribution in [0.15, 0.2) is 18.2 Å². The highest BCUT2D eigenvalue weighted by atomic mass is 35.5. The lowest BCUT2D eigenvalue weighted by atomic mass is 10.1. The van der Waals surface area contributed by atoms with E-state index in [1.807, 2.05) is 24.0 Å². The van der Waals surface area contributed by atoms with Gasteiger partial charge in [-0.1, -0.05) is 24.6 Å². The van der Waals surface area contributed by atoms with Gasteiger partial charge in [0.25, 0.3) is 0 Å². The lowest BCUT2D eigenvalue weighted by Crippen LogP contribution is -2.55. The molecule has 0 bridgehead atoms. The van der Waals surface area contributed by atoms with Crippen molar-refractivity contribution in [2.75, 3.05) is 18.0 Å². The normalized spacial score (nSPS) is 21.2. The zero-order chi connectivity index (χ0) is 14.0. The number of hydrogen-bond donors (Lipinski definition) is 2. The van der Waals surface area contributed by atoms with Crippen molar-refractivity contribution in [1.82, 2.24) is 5.32 Å². The minimum Gasteiger partial charge on any atom is -0.389 e. The molecule has 1 aliphatic heterocycles. The first kappa shape index (κ1) is 14.2. The van der Waals surface area contributed by atoms with E-state index < -0.39 is 6.10 Å². The zero-order valence-corrected chi connectivity index (χ0v) is 11.9. The van der Waals surface area contributed by atoms with Crippen molar-refractivity contribution in [3.05, 3.63) is 28.8 Å². The fraction of sp³-hybridized carbons (Fsp3) is 0.500. The molecule has 0 spiro atoms. The molecule has 1 saturated heterocycles. The molecule has 5 heteroatoms. The summed E-state index contributed by atoms with van der Waals surface area (Å²) in [7, 11) is 0. The number of anilines is 1. The Morgan fingerprint density at radius 3 is 2.89 bits per heavy atom. The standard InChI is InChI=1S/C14H19ClN2O2/c1-3-12-14(19)16-6-7-17(12)13-5-4-10(9(2)18)8-11(13)15/h4-5,8-9,12,18H,3,6-7H2,1-2H3,(H,16,19)/t9-,12?/m1/s1. The molecule has 2 rings (SSSR count). The minimum atomic E-state index is -0.543. The summed E-state index contributed by atoms with van der Waals surface area (Å²) in [6.45, 7) is 5.07. The molecule has 1 fully saturated rings. The number of benzene rings is 1. The number of rotatable bonds is 3. The van der Waals surface area contributed by atoms with Gasteiger partial charge in [-0.3, -0.25) is 4.79 Å². The van der Waals surface area contributed by atoms with Crippen molar-refractivity contribution in [3.8, 4) is 0 Å². The van der Waals surface area contributed by atoms with Gasteiger partial charge in [-0.15, -0.1) is 0 Å². The summed E-state index contributed by atoms with van der Waals surface area (Å²) >= 11 is 6.29. The Morgan fingerprint density at radius 2 is 2.32 bits per heavy atom. The van der Waals surface area contributed by atoms with Crippen LogP contribution in [0.5, 0.6) is 0 Å². The molecule has 1 unspecified atom stereocenters. The Kier molecular flexibility index (Phi) is 4.32. The second kappa shape index (κ2) is 5.80. The Bertz CT molecular complexity index is 477. The SMILES string of the molecule is CCC1C(=O)NCCN1c1ccc([C@@H](C)O)cc1Cl. The molecule has 0 saturated carbocycles. The molecule has 1 heterocycles. The van der Waals surface area contributed by atoms with E-state index in [1.54, 1.807) is 13.0 Å². The third kappa shape index (κ3) is 2.85. The Labute approximate surface area is 118 Å². The van der Waals surface area contributed by atoms with Crippen LogP contribution in [0.25, 0.3) is 0 Å².